The first-order valence-corrected chi connectivity index (χ1v) is 6.45. The van der Waals surface area contributed by atoms with Crippen LogP contribution in [0.5, 0.6) is 0 Å². The van der Waals surface area contributed by atoms with Crippen LogP contribution in [0.4, 0.5) is 10.1 Å². The quantitative estimate of drug-likeness (QED) is 0.882. The number of hydrogen-bond donors (Lipinski definition) is 2. The van der Waals surface area contributed by atoms with Gasteiger partial charge in [-0.2, -0.15) is 0 Å². The van der Waals surface area contributed by atoms with Crippen molar-refractivity contribution in [2.75, 3.05) is 11.9 Å². The molecular formula is C12H14BrFN2O. The average Bonchev–Trinajstić information content (AvgIpc) is 2.34. The summed E-state index contributed by atoms with van der Waals surface area (Å²) in [6.07, 6.45) is 3.03. The van der Waals surface area contributed by atoms with Gasteiger partial charge in [-0.3, -0.25) is 4.79 Å². The van der Waals surface area contributed by atoms with E-state index in [-0.39, 0.29) is 17.8 Å². The number of piperidine rings is 1. The van der Waals surface area contributed by atoms with Gasteiger partial charge in [-0.05, 0) is 53.5 Å². The second-order valence-corrected chi connectivity index (χ2v) is 4.97. The predicted octanol–water partition coefficient (Wildman–Crippen LogP) is 2.67. The first kappa shape index (κ1) is 12.5. The summed E-state index contributed by atoms with van der Waals surface area (Å²) in [7, 11) is 0. The molecule has 3 nitrogen and oxygen atoms in total. The highest BCUT2D eigenvalue weighted by Crippen LogP contribution is 2.23. The minimum atomic E-state index is -0.328. The zero-order valence-electron chi connectivity index (χ0n) is 9.30. The highest BCUT2D eigenvalue weighted by molar-refractivity contribution is 9.10. The minimum Gasteiger partial charge on any atom is -0.324 e. The fourth-order valence-electron chi connectivity index (χ4n) is 1.89. The zero-order chi connectivity index (χ0) is 12.3. The molecule has 0 bridgehead atoms. The van der Waals surface area contributed by atoms with Crippen molar-refractivity contribution in [1.29, 1.82) is 0 Å². The fraction of sp³-hybridized carbons (Fsp3) is 0.417. The molecule has 1 fully saturated rings. The molecule has 2 rings (SSSR count). The van der Waals surface area contributed by atoms with E-state index in [4.69, 9.17) is 0 Å². The number of carbonyl (C=O) groups is 1. The molecule has 0 saturated carbocycles. The van der Waals surface area contributed by atoms with E-state index in [1.165, 1.54) is 12.1 Å². The monoisotopic (exact) mass is 300 g/mol. The maximum atomic E-state index is 12.9. The Bertz CT molecular complexity index is 419. The Morgan fingerprint density at radius 3 is 2.94 bits per heavy atom. The van der Waals surface area contributed by atoms with E-state index in [9.17, 15) is 9.18 Å². The average molecular weight is 301 g/mol. The first-order chi connectivity index (χ1) is 8.16. The van der Waals surface area contributed by atoms with Gasteiger partial charge in [0.15, 0.2) is 0 Å². The van der Waals surface area contributed by atoms with Gasteiger partial charge in [-0.1, -0.05) is 6.42 Å². The van der Waals surface area contributed by atoms with Crippen molar-refractivity contribution in [3.05, 3.63) is 28.5 Å². The second-order valence-electron chi connectivity index (χ2n) is 4.12. The van der Waals surface area contributed by atoms with Gasteiger partial charge >= 0.3 is 0 Å². The summed E-state index contributed by atoms with van der Waals surface area (Å²) < 4.78 is 13.4. The third-order valence-corrected chi connectivity index (χ3v) is 3.47. The molecule has 1 aliphatic rings. The second kappa shape index (κ2) is 5.60. The molecular weight excluding hydrogens is 287 g/mol. The number of hydrogen-bond acceptors (Lipinski definition) is 2. The Morgan fingerprint density at radius 2 is 2.29 bits per heavy atom. The summed E-state index contributed by atoms with van der Waals surface area (Å²) in [5.41, 5.74) is 0.601. The Morgan fingerprint density at radius 1 is 1.47 bits per heavy atom. The lowest BCUT2D eigenvalue weighted by Crippen LogP contribution is -2.43. The van der Waals surface area contributed by atoms with E-state index < -0.39 is 0 Å². The largest absolute Gasteiger partial charge is 0.324 e. The van der Waals surface area contributed by atoms with Crippen LogP contribution in [0, 0.1) is 5.82 Å². The summed E-state index contributed by atoms with van der Waals surface area (Å²) in [6.45, 7) is 0.878. The molecule has 1 aromatic carbocycles. The highest BCUT2D eigenvalue weighted by Gasteiger charge is 2.20. The van der Waals surface area contributed by atoms with Gasteiger partial charge in [-0.25, -0.2) is 4.39 Å². The molecule has 1 aliphatic heterocycles. The first-order valence-electron chi connectivity index (χ1n) is 5.66. The topological polar surface area (TPSA) is 41.1 Å². The van der Waals surface area contributed by atoms with Crippen molar-refractivity contribution >= 4 is 27.5 Å². The van der Waals surface area contributed by atoms with Crippen LogP contribution in [-0.4, -0.2) is 18.5 Å². The Hall–Kier alpha value is -0.940. The molecule has 1 saturated heterocycles. The molecule has 1 amide bonds. The third-order valence-electron chi connectivity index (χ3n) is 2.82. The van der Waals surface area contributed by atoms with E-state index in [1.54, 1.807) is 6.07 Å². The van der Waals surface area contributed by atoms with E-state index in [0.29, 0.717) is 10.2 Å². The zero-order valence-corrected chi connectivity index (χ0v) is 10.9. The Kier molecular flexibility index (Phi) is 4.12. The lowest BCUT2D eigenvalue weighted by molar-refractivity contribution is -0.118. The summed E-state index contributed by atoms with van der Waals surface area (Å²) in [5, 5.41) is 5.96. The number of anilines is 1. The van der Waals surface area contributed by atoms with Gasteiger partial charge in [-0.15, -0.1) is 0 Å². The molecule has 1 aromatic rings. The fourth-order valence-corrected chi connectivity index (χ4v) is 2.34. The molecule has 5 heteroatoms. The van der Waals surface area contributed by atoms with E-state index in [0.717, 1.165) is 25.8 Å². The van der Waals surface area contributed by atoms with Crippen molar-refractivity contribution < 1.29 is 9.18 Å². The molecule has 17 heavy (non-hydrogen) atoms. The molecule has 0 radical (unpaired) electrons. The maximum Gasteiger partial charge on any atom is 0.241 e. The van der Waals surface area contributed by atoms with Crippen molar-refractivity contribution in [3.63, 3.8) is 0 Å². The molecule has 0 unspecified atom stereocenters. The Balaban J connectivity index is 2.02. The van der Waals surface area contributed by atoms with Gasteiger partial charge < -0.3 is 10.6 Å². The molecule has 1 heterocycles. The van der Waals surface area contributed by atoms with E-state index in [2.05, 4.69) is 26.6 Å². The van der Waals surface area contributed by atoms with Crippen LogP contribution < -0.4 is 10.6 Å². The van der Waals surface area contributed by atoms with Crippen molar-refractivity contribution in [3.8, 4) is 0 Å². The van der Waals surface area contributed by atoms with Gasteiger partial charge in [0.25, 0.3) is 0 Å². The van der Waals surface area contributed by atoms with Gasteiger partial charge in [0, 0.05) is 4.47 Å². The van der Waals surface area contributed by atoms with E-state index in [1.807, 2.05) is 0 Å². The number of carbonyl (C=O) groups excluding carboxylic acids is 1. The standard InChI is InChI=1S/C12H14BrFN2O/c13-9-7-8(14)4-5-10(9)16-12(17)11-3-1-2-6-15-11/h4-5,7,11,15H,1-3,6H2,(H,16,17)/t11-/m1/s1. The van der Waals surface area contributed by atoms with Gasteiger partial charge in [0.2, 0.25) is 5.91 Å². The molecule has 2 N–H and O–H groups in total. The van der Waals surface area contributed by atoms with Crippen LogP contribution >= 0.6 is 15.9 Å². The summed E-state index contributed by atoms with van der Waals surface area (Å²) >= 11 is 3.22. The number of amides is 1. The van der Waals surface area contributed by atoms with Crippen LogP contribution in [0.3, 0.4) is 0 Å². The predicted molar refractivity (Wildman–Crippen MR) is 68.4 cm³/mol. The summed E-state index contributed by atoms with van der Waals surface area (Å²) in [5.74, 6) is -0.386. The normalized spacial score (nSPS) is 20.0. The number of halogens is 2. The van der Waals surface area contributed by atoms with Gasteiger partial charge in [0.05, 0.1) is 11.7 Å². The molecule has 0 spiro atoms. The van der Waals surface area contributed by atoms with Crippen LogP contribution in [0.15, 0.2) is 22.7 Å². The highest BCUT2D eigenvalue weighted by atomic mass is 79.9. The lowest BCUT2D eigenvalue weighted by Gasteiger charge is -2.22. The van der Waals surface area contributed by atoms with Crippen molar-refractivity contribution in [1.82, 2.24) is 5.32 Å². The molecule has 0 aliphatic carbocycles. The Labute approximate surface area is 108 Å². The van der Waals surface area contributed by atoms with Crippen LogP contribution in [0.2, 0.25) is 0 Å². The minimum absolute atomic E-state index is 0.0583. The van der Waals surface area contributed by atoms with Crippen molar-refractivity contribution in [2.45, 2.75) is 25.3 Å². The third kappa shape index (κ3) is 3.26. The van der Waals surface area contributed by atoms with Crippen molar-refractivity contribution in [2.24, 2.45) is 0 Å². The summed E-state index contributed by atoms with van der Waals surface area (Å²) in [4.78, 5) is 11.9. The molecule has 92 valence electrons. The molecule has 0 aromatic heterocycles. The number of nitrogens with one attached hydrogen (secondary N) is 2. The maximum absolute atomic E-state index is 12.9. The smallest absolute Gasteiger partial charge is 0.241 e. The van der Waals surface area contributed by atoms with Crippen LogP contribution in [-0.2, 0) is 4.79 Å². The SMILES string of the molecule is O=C(Nc1ccc(F)cc1Br)[C@H]1CCCCN1. The van der Waals surface area contributed by atoms with Crippen LogP contribution in [0.25, 0.3) is 0 Å². The lowest BCUT2D eigenvalue weighted by atomic mass is 10.0. The van der Waals surface area contributed by atoms with E-state index >= 15 is 0 Å². The number of rotatable bonds is 2. The number of benzene rings is 1. The molecule has 1 atom stereocenters. The van der Waals surface area contributed by atoms with Gasteiger partial charge in [0.1, 0.15) is 5.82 Å². The summed E-state index contributed by atoms with van der Waals surface area (Å²) in [6, 6.07) is 4.08. The van der Waals surface area contributed by atoms with Crippen LogP contribution in [0.1, 0.15) is 19.3 Å².